The Morgan fingerprint density at radius 1 is 1.12 bits per heavy atom. The Morgan fingerprint density at radius 3 is 2.56 bits per heavy atom. The van der Waals surface area contributed by atoms with Gasteiger partial charge in [0.15, 0.2) is 5.75 Å². The minimum Gasteiger partial charge on any atom is -0.432 e. The number of hydrogen-bond donors (Lipinski definition) is 1. The molecule has 0 fully saturated rings. The van der Waals surface area contributed by atoms with Gasteiger partial charge in [-0.3, -0.25) is 9.48 Å². The molecule has 9 heteroatoms. The smallest absolute Gasteiger partial charge is 0.387 e. The van der Waals surface area contributed by atoms with Gasteiger partial charge >= 0.3 is 6.61 Å². The van der Waals surface area contributed by atoms with E-state index in [0.717, 1.165) is 29.1 Å². The van der Waals surface area contributed by atoms with Crippen LogP contribution in [-0.4, -0.2) is 27.3 Å². The number of nitrogens with one attached hydrogen (secondary N) is 1. The Bertz CT molecular complexity index is 1330. The maximum absolute atomic E-state index is 13.5. The summed E-state index contributed by atoms with van der Waals surface area (Å²) in [6.45, 7) is 0.585. The topological polar surface area (TPSA) is 69.0 Å². The number of benzene rings is 2. The van der Waals surface area contributed by atoms with Gasteiger partial charge < -0.3 is 10.1 Å². The predicted octanol–water partition coefficient (Wildman–Crippen LogP) is 5.24. The second-order valence-corrected chi connectivity index (χ2v) is 7.21. The van der Waals surface area contributed by atoms with E-state index in [0.29, 0.717) is 16.6 Å². The van der Waals surface area contributed by atoms with Crippen LogP contribution >= 0.6 is 0 Å². The molecule has 2 heterocycles. The number of aromatic nitrogens is 3. The maximum atomic E-state index is 13.5. The van der Waals surface area contributed by atoms with E-state index < -0.39 is 24.1 Å². The van der Waals surface area contributed by atoms with Crippen LogP contribution in [0.3, 0.4) is 0 Å². The zero-order valence-corrected chi connectivity index (χ0v) is 17.5. The van der Waals surface area contributed by atoms with E-state index in [1.165, 1.54) is 6.07 Å². The molecule has 0 aliphatic rings. The third-order valence-electron chi connectivity index (χ3n) is 5.13. The van der Waals surface area contributed by atoms with Crippen LogP contribution in [0.5, 0.6) is 5.75 Å². The van der Waals surface area contributed by atoms with Crippen LogP contribution in [0, 0.1) is 19.7 Å². The average Bonchev–Trinajstić information content (AvgIpc) is 3.00. The van der Waals surface area contributed by atoms with Gasteiger partial charge in [-0.2, -0.15) is 13.9 Å². The highest BCUT2D eigenvalue weighted by molar-refractivity contribution is 6.13. The van der Waals surface area contributed by atoms with Gasteiger partial charge in [0.05, 0.1) is 28.2 Å². The molecule has 0 aliphatic carbocycles. The lowest BCUT2D eigenvalue weighted by Gasteiger charge is -2.14. The number of fused-ring (bicyclic) bond motifs is 1. The number of anilines is 1. The Morgan fingerprint density at radius 2 is 1.88 bits per heavy atom. The molecule has 4 rings (SSSR count). The van der Waals surface area contributed by atoms with Crippen molar-refractivity contribution in [1.82, 2.24) is 14.8 Å². The van der Waals surface area contributed by atoms with Gasteiger partial charge in [-0.1, -0.05) is 18.2 Å². The molecule has 1 N–H and O–H groups in total. The van der Waals surface area contributed by atoms with Crippen molar-refractivity contribution < 1.29 is 22.7 Å². The Hall–Kier alpha value is -3.88. The standard InChI is InChI=1S/C23H19F3N4O2/c1-12-21(13(2)30(3)29-12)19-11-16(15-6-4-5-7-17(15)27-19)22(31)28-18-9-8-14(24)10-20(18)32-23(25)26/h4-11,23H,1-3H3,(H,28,31). The van der Waals surface area contributed by atoms with Crippen LogP contribution in [0.1, 0.15) is 21.7 Å². The molecule has 0 bridgehead atoms. The van der Waals surface area contributed by atoms with Gasteiger partial charge in [-0.05, 0) is 38.1 Å². The predicted molar refractivity (Wildman–Crippen MR) is 114 cm³/mol. The number of nitrogens with zero attached hydrogens (tertiary/aromatic N) is 3. The number of ether oxygens (including phenoxy) is 1. The molecule has 0 radical (unpaired) electrons. The van der Waals surface area contributed by atoms with Gasteiger partial charge in [-0.15, -0.1) is 0 Å². The molecule has 6 nitrogen and oxygen atoms in total. The average molecular weight is 440 g/mol. The lowest BCUT2D eigenvalue weighted by atomic mass is 10.0. The largest absolute Gasteiger partial charge is 0.432 e. The summed E-state index contributed by atoms with van der Waals surface area (Å²) in [5.74, 6) is -1.81. The molecule has 164 valence electrons. The quantitative estimate of drug-likeness (QED) is 0.461. The van der Waals surface area contributed by atoms with E-state index in [2.05, 4.69) is 15.2 Å². The highest BCUT2D eigenvalue weighted by Gasteiger charge is 2.20. The normalized spacial score (nSPS) is 11.2. The zero-order valence-electron chi connectivity index (χ0n) is 17.5. The Kier molecular flexibility index (Phi) is 5.56. The van der Waals surface area contributed by atoms with Crippen molar-refractivity contribution in [3.63, 3.8) is 0 Å². The molecular weight excluding hydrogens is 421 g/mol. The second kappa shape index (κ2) is 8.33. The first-order valence-electron chi connectivity index (χ1n) is 9.70. The number of halogens is 3. The van der Waals surface area contributed by atoms with E-state index in [-0.39, 0.29) is 11.3 Å². The first-order valence-corrected chi connectivity index (χ1v) is 9.70. The molecule has 0 unspecified atom stereocenters. The van der Waals surface area contributed by atoms with Crippen LogP contribution in [0.15, 0.2) is 48.5 Å². The molecule has 1 amide bonds. The fourth-order valence-electron chi connectivity index (χ4n) is 3.62. The number of carbonyl (C=O) groups excluding carboxylic acids is 1. The first kappa shape index (κ1) is 21.4. The zero-order chi connectivity index (χ0) is 23.0. The summed E-state index contributed by atoms with van der Waals surface area (Å²) in [7, 11) is 1.82. The molecule has 0 saturated carbocycles. The molecule has 0 aliphatic heterocycles. The van der Waals surface area contributed by atoms with E-state index in [1.54, 1.807) is 35.0 Å². The Labute approximate surface area is 181 Å². The first-order chi connectivity index (χ1) is 15.2. The maximum Gasteiger partial charge on any atom is 0.387 e. The van der Waals surface area contributed by atoms with Crippen molar-refractivity contribution in [2.24, 2.45) is 7.05 Å². The lowest BCUT2D eigenvalue weighted by molar-refractivity contribution is -0.0495. The summed E-state index contributed by atoms with van der Waals surface area (Å²) in [6, 6.07) is 11.7. The minimum atomic E-state index is -3.17. The molecule has 0 atom stereocenters. The van der Waals surface area contributed by atoms with Crippen LogP contribution in [0.25, 0.3) is 22.2 Å². The van der Waals surface area contributed by atoms with E-state index in [1.807, 2.05) is 20.9 Å². The van der Waals surface area contributed by atoms with Crippen molar-refractivity contribution in [2.75, 3.05) is 5.32 Å². The van der Waals surface area contributed by atoms with E-state index >= 15 is 0 Å². The summed E-state index contributed by atoms with van der Waals surface area (Å²) in [5, 5.41) is 7.54. The SMILES string of the molecule is Cc1nn(C)c(C)c1-c1cc(C(=O)Nc2ccc(F)cc2OC(F)F)c2ccccc2n1. The third-order valence-corrected chi connectivity index (χ3v) is 5.13. The third kappa shape index (κ3) is 4.01. The number of alkyl halides is 2. The van der Waals surface area contributed by atoms with Gasteiger partial charge in [0, 0.05) is 29.8 Å². The highest BCUT2D eigenvalue weighted by atomic mass is 19.3. The van der Waals surface area contributed by atoms with Gasteiger partial charge in [-0.25, -0.2) is 9.37 Å². The number of para-hydroxylation sites is 1. The summed E-state index contributed by atoms with van der Waals surface area (Å²) in [6.07, 6.45) is 0. The Balaban J connectivity index is 1.82. The minimum absolute atomic E-state index is 0.0760. The van der Waals surface area contributed by atoms with Crippen molar-refractivity contribution in [3.05, 3.63) is 71.3 Å². The number of amides is 1. The molecule has 2 aromatic carbocycles. The molecule has 32 heavy (non-hydrogen) atoms. The van der Waals surface area contributed by atoms with Crippen molar-refractivity contribution in [1.29, 1.82) is 0 Å². The summed E-state index contributed by atoms with van der Waals surface area (Å²) >= 11 is 0. The van der Waals surface area contributed by atoms with Crippen LogP contribution < -0.4 is 10.1 Å². The van der Waals surface area contributed by atoms with Gasteiger partial charge in [0.25, 0.3) is 5.91 Å². The highest BCUT2D eigenvalue weighted by Crippen LogP contribution is 2.31. The molecule has 0 spiro atoms. The number of rotatable bonds is 5. The summed E-state index contributed by atoms with van der Waals surface area (Å²) in [5.41, 5.74) is 3.78. The van der Waals surface area contributed by atoms with Crippen LogP contribution in [-0.2, 0) is 7.05 Å². The van der Waals surface area contributed by atoms with Crippen LogP contribution in [0.2, 0.25) is 0 Å². The number of aryl methyl sites for hydroxylation is 2. The monoisotopic (exact) mass is 440 g/mol. The molecule has 2 aromatic heterocycles. The second-order valence-electron chi connectivity index (χ2n) is 7.21. The van der Waals surface area contributed by atoms with Gasteiger partial charge in [0.1, 0.15) is 5.82 Å². The molecule has 0 saturated heterocycles. The fraction of sp³-hybridized carbons (Fsp3) is 0.174. The number of hydrogen-bond acceptors (Lipinski definition) is 4. The fourth-order valence-corrected chi connectivity index (χ4v) is 3.62. The van der Waals surface area contributed by atoms with E-state index in [4.69, 9.17) is 4.98 Å². The number of carbonyl (C=O) groups is 1. The molecular formula is C23H19F3N4O2. The summed E-state index contributed by atoms with van der Waals surface area (Å²) < 4.78 is 45.1. The van der Waals surface area contributed by atoms with Crippen LogP contribution in [0.4, 0.5) is 18.9 Å². The lowest BCUT2D eigenvalue weighted by Crippen LogP contribution is -2.15. The van der Waals surface area contributed by atoms with Crippen molar-refractivity contribution >= 4 is 22.5 Å². The number of pyridine rings is 1. The van der Waals surface area contributed by atoms with Crippen molar-refractivity contribution in [3.8, 4) is 17.0 Å². The van der Waals surface area contributed by atoms with E-state index in [9.17, 15) is 18.0 Å². The molecule has 4 aromatic rings. The van der Waals surface area contributed by atoms with Gasteiger partial charge in [0.2, 0.25) is 0 Å². The summed E-state index contributed by atoms with van der Waals surface area (Å²) in [4.78, 5) is 17.9. The van der Waals surface area contributed by atoms with Crippen molar-refractivity contribution in [2.45, 2.75) is 20.5 Å².